The van der Waals surface area contributed by atoms with E-state index in [2.05, 4.69) is 36.3 Å². The normalized spacial score (nSPS) is 11.7. The Labute approximate surface area is 124 Å². The molecule has 0 radical (unpaired) electrons. The van der Waals surface area contributed by atoms with Gasteiger partial charge in [0.25, 0.3) is 0 Å². The molecule has 104 valence electrons. The zero-order chi connectivity index (χ0) is 14.7. The Balaban J connectivity index is 2.04. The third kappa shape index (κ3) is 2.48. The molecule has 1 N–H and O–H groups in total. The highest BCUT2D eigenvalue weighted by Gasteiger charge is 2.09. The molecule has 0 saturated heterocycles. The molecular formula is C19H17NO. The minimum absolute atomic E-state index is 0.480. The first kappa shape index (κ1) is 13.3. The van der Waals surface area contributed by atoms with Gasteiger partial charge >= 0.3 is 0 Å². The van der Waals surface area contributed by atoms with Crippen LogP contribution in [0.1, 0.15) is 0 Å². The van der Waals surface area contributed by atoms with Crippen LogP contribution in [0.5, 0.6) is 5.75 Å². The average molecular weight is 275 g/mol. The second kappa shape index (κ2) is 5.71. The Kier molecular flexibility index (Phi) is 3.61. The van der Waals surface area contributed by atoms with Crippen LogP contribution in [0.3, 0.4) is 0 Å². The van der Waals surface area contributed by atoms with E-state index in [1.807, 2.05) is 30.3 Å². The number of fused-ring (bicyclic) bond motifs is 3. The largest absolute Gasteiger partial charge is 0.488 e. The summed E-state index contributed by atoms with van der Waals surface area (Å²) in [6.07, 6.45) is 5.44. The Morgan fingerprint density at radius 1 is 1.05 bits per heavy atom. The number of para-hydroxylation sites is 1. The molecule has 21 heavy (non-hydrogen) atoms. The van der Waals surface area contributed by atoms with Gasteiger partial charge in [-0.2, -0.15) is 0 Å². The van der Waals surface area contributed by atoms with Crippen molar-refractivity contribution in [3.63, 3.8) is 0 Å². The zero-order valence-electron chi connectivity index (χ0n) is 11.8. The number of hydrogen-bond acceptors (Lipinski definition) is 1. The first-order chi connectivity index (χ1) is 10.3. The van der Waals surface area contributed by atoms with Crippen molar-refractivity contribution in [1.29, 1.82) is 0 Å². The topological polar surface area (TPSA) is 25.0 Å². The van der Waals surface area contributed by atoms with Gasteiger partial charge in [0.2, 0.25) is 0 Å². The van der Waals surface area contributed by atoms with Crippen molar-refractivity contribution in [2.75, 3.05) is 6.61 Å². The van der Waals surface area contributed by atoms with Crippen molar-refractivity contribution in [3.05, 3.63) is 79.4 Å². The number of aromatic nitrogens is 1. The summed E-state index contributed by atoms with van der Waals surface area (Å²) >= 11 is 0. The van der Waals surface area contributed by atoms with Crippen LogP contribution < -0.4 is 4.74 Å². The molecule has 0 aliphatic rings. The van der Waals surface area contributed by atoms with Gasteiger partial charge < -0.3 is 9.72 Å². The fourth-order valence-corrected chi connectivity index (χ4v) is 2.48. The fourth-order valence-electron chi connectivity index (χ4n) is 2.48. The highest BCUT2D eigenvalue weighted by atomic mass is 16.5. The molecule has 0 aliphatic heterocycles. The van der Waals surface area contributed by atoms with Crippen LogP contribution in [0, 0.1) is 0 Å². The highest BCUT2D eigenvalue weighted by molar-refractivity contribution is 6.10. The molecule has 0 bridgehead atoms. The Hall–Kier alpha value is -2.74. The predicted molar refractivity (Wildman–Crippen MR) is 89.8 cm³/mol. The van der Waals surface area contributed by atoms with E-state index in [0.717, 1.165) is 27.7 Å². The molecule has 3 rings (SSSR count). The number of rotatable bonds is 5. The number of aromatic amines is 1. The lowest BCUT2D eigenvalue weighted by Crippen LogP contribution is -1.99. The van der Waals surface area contributed by atoms with Gasteiger partial charge in [0.1, 0.15) is 12.4 Å². The molecule has 0 aliphatic carbocycles. The summed E-state index contributed by atoms with van der Waals surface area (Å²) < 4.78 is 5.98. The molecular weight excluding hydrogens is 258 g/mol. The van der Waals surface area contributed by atoms with E-state index in [9.17, 15) is 0 Å². The molecule has 0 fully saturated rings. The average Bonchev–Trinajstić information content (AvgIpc) is 2.90. The number of hydrogen-bond donors (Lipinski definition) is 1. The Bertz CT molecular complexity index is 839. The van der Waals surface area contributed by atoms with Gasteiger partial charge in [-0.1, -0.05) is 55.7 Å². The Morgan fingerprint density at radius 2 is 1.86 bits per heavy atom. The number of nitrogens with one attached hydrogen (secondary N) is 1. The van der Waals surface area contributed by atoms with Crippen LogP contribution in [-0.4, -0.2) is 11.6 Å². The molecule has 1 heterocycles. The van der Waals surface area contributed by atoms with E-state index in [4.69, 9.17) is 4.74 Å². The van der Waals surface area contributed by atoms with Crippen molar-refractivity contribution >= 4 is 21.8 Å². The number of allylic oxidation sites excluding steroid dienone is 2. The van der Waals surface area contributed by atoms with E-state index in [1.165, 1.54) is 5.39 Å². The van der Waals surface area contributed by atoms with Crippen molar-refractivity contribution in [1.82, 2.24) is 4.98 Å². The maximum absolute atomic E-state index is 5.98. The van der Waals surface area contributed by atoms with E-state index < -0.39 is 0 Å². The van der Waals surface area contributed by atoms with Gasteiger partial charge in [-0.25, -0.2) is 0 Å². The molecule has 0 unspecified atom stereocenters. The number of benzene rings is 2. The lowest BCUT2D eigenvalue weighted by atomic mass is 10.1. The molecule has 2 aromatic carbocycles. The van der Waals surface area contributed by atoms with Gasteiger partial charge in [-0.15, -0.1) is 0 Å². The quantitative estimate of drug-likeness (QED) is 0.651. The van der Waals surface area contributed by atoms with Crippen LogP contribution in [-0.2, 0) is 0 Å². The molecule has 3 aromatic rings. The van der Waals surface area contributed by atoms with Crippen LogP contribution in [0.25, 0.3) is 21.8 Å². The zero-order valence-corrected chi connectivity index (χ0v) is 11.8. The van der Waals surface area contributed by atoms with Gasteiger partial charge in [-0.3, -0.25) is 0 Å². The smallest absolute Gasteiger partial charge is 0.129 e. The SMILES string of the molecule is C=C/C=C(\C=C)COc1cccc2[nH]c3ccccc3c12. The first-order valence-electron chi connectivity index (χ1n) is 6.89. The lowest BCUT2D eigenvalue weighted by Gasteiger charge is -2.08. The summed E-state index contributed by atoms with van der Waals surface area (Å²) in [6.45, 7) is 7.97. The maximum atomic E-state index is 5.98. The molecule has 0 spiro atoms. The van der Waals surface area contributed by atoms with Crippen molar-refractivity contribution in [3.8, 4) is 5.75 Å². The third-order valence-electron chi connectivity index (χ3n) is 3.48. The van der Waals surface area contributed by atoms with Gasteiger partial charge in [-0.05, 0) is 23.8 Å². The lowest BCUT2D eigenvalue weighted by molar-refractivity contribution is 0.360. The first-order valence-corrected chi connectivity index (χ1v) is 6.89. The number of ether oxygens (including phenoxy) is 1. The molecule has 0 amide bonds. The minimum atomic E-state index is 0.480. The standard InChI is InChI=1S/C19H17NO/c1-3-8-14(4-2)13-21-18-12-7-11-17-19(18)15-9-5-6-10-16(15)20-17/h3-12,20H,1-2,13H2/b14-8+. The fraction of sp³-hybridized carbons (Fsp3) is 0.0526. The van der Waals surface area contributed by atoms with Crippen molar-refractivity contribution in [2.24, 2.45) is 0 Å². The summed E-state index contributed by atoms with van der Waals surface area (Å²) in [4.78, 5) is 3.41. The van der Waals surface area contributed by atoms with Gasteiger partial charge in [0, 0.05) is 16.3 Å². The van der Waals surface area contributed by atoms with Gasteiger partial charge in [0.05, 0.1) is 5.52 Å². The molecule has 0 atom stereocenters. The van der Waals surface area contributed by atoms with E-state index in [0.29, 0.717) is 6.61 Å². The molecule has 1 aromatic heterocycles. The summed E-state index contributed by atoms with van der Waals surface area (Å²) in [5.41, 5.74) is 3.21. The van der Waals surface area contributed by atoms with Gasteiger partial charge in [0.15, 0.2) is 0 Å². The summed E-state index contributed by atoms with van der Waals surface area (Å²) in [6, 6.07) is 14.3. The summed E-state index contributed by atoms with van der Waals surface area (Å²) in [7, 11) is 0. The highest BCUT2D eigenvalue weighted by Crippen LogP contribution is 2.33. The van der Waals surface area contributed by atoms with E-state index in [1.54, 1.807) is 12.2 Å². The summed E-state index contributed by atoms with van der Waals surface area (Å²) in [5, 5.41) is 2.30. The van der Waals surface area contributed by atoms with Crippen LogP contribution in [0.2, 0.25) is 0 Å². The van der Waals surface area contributed by atoms with Crippen molar-refractivity contribution < 1.29 is 4.74 Å². The monoisotopic (exact) mass is 275 g/mol. The van der Waals surface area contributed by atoms with E-state index >= 15 is 0 Å². The van der Waals surface area contributed by atoms with Crippen molar-refractivity contribution in [2.45, 2.75) is 0 Å². The third-order valence-corrected chi connectivity index (χ3v) is 3.48. The maximum Gasteiger partial charge on any atom is 0.129 e. The molecule has 0 saturated carbocycles. The predicted octanol–water partition coefficient (Wildman–Crippen LogP) is 5.00. The minimum Gasteiger partial charge on any atom is -0.488 e. The second-order valence-electron chi connectivity index (χ2n) is 4.82. The second-order valence-corrected chi connectivity index (χ2v) is 4.82. The molecule has 2 heteroatoms. The van der Waals surface area contributed by atoms with Crippen LogP contribution >= 0.6 is 0 Å². The Morgan fingerprint density at radius 3 is 2.67 bits per heavy atom. The molecule has 2 nitrogen and oxygen atoms in total. The van der Waals surface area contributed by atoms with Crippen LogP contribution in [0.15, 0.2) is 79.4 Å². The van der Waals surface area contributed by atoms with Crippen LogP contribution in [0.4, 0.5) is 0 Å². The summed E-state index contributed by atoms with van der Waals surface area (Å²) in [5.74, 6) is 0.877. The van der Waals surface area contributed by atoms with E-state index in [-0.39, 0.29) is 0 Å². The number of H-pyrrole nitrogens is 1.